The van der Waals surface area contributed by atoms with Gasteiger partial charge < -0.3 is 14.8 Å². The van der Waals surface area contributed by atoms with Gasteiger partial charge in [0.2, 0.25) is 11.8 Å². The van der Waals surface area contributed by atoms with Crippen molar-refractivity contribution in [1.29, 1.82) is 0 Å². The van der Waals surface area contributed by atoms with Gasteiger partial charge in [0, 0.05) is 18.7 Å². The van der Waals surface area contributed by atoms with Gasteiger partial charge in [-0.05, 0) is 42.2 Å². The zero-order valence-corrected chi connectivity index (χ0v) is 21.6. The topological polar surface area (TPSA) is 67.2 Å². The molecule has 0 aliphatic heterocycles. The maximum absolute atomic E-state index is 13.9. The first-order chi connectivity index (χ1) is 18.7. The highest BCUT2D eigenvalue weighted by Gasteiger charge is 2.27. The molecule has 38 heavy (non-hydrogen) atoms. The molecule has 0 radical (unpaired) electrons. The van der Waals surface area contributed by atoms with Gasteiger partial charge in [-0.2, -0.15) is 0 Å². The monoisotopic (exact) mass is 506 g/mol. The van der Waals surface area contributed by atoms with E-state index in [1.165, 1.54) is 12.5 Å². The van der Waals surface area contributed by atoms with E-state index >= 15 is 0 Å². The summed E-state index contributed by atoms with van der Waals surface area (Å²) >= 11 is 0. The Labute approximate surface area is 224 Å². The molecule has 1 saturated carbocycles. The van der Waals surface area contributed by atoms with Crippen molar-refractivity contribution >= 4 is 28.9 Å². The fourth-order valence-corrected chi connectivity index (χ4v) is 5.22. The second-order valence-corrected chi connectivity index (χ2v) is 9.86. The first-order valence-corrected chi connectivity index (χ1v) is 13.5. The molecule has 0 bridgehead atoms. The van der Waals surface area contributed by atoms with Crippen LogP contribution in [0.3, 0.4) is 0 Å². The molecule has 194 valence electrons. The first-order valence-electron chi connectivity index (χ1n) is 13.5. The Morgan fingerprint density at radius 3 is 2.34 bits per heavy atom. The molecule has 1 aliphatic carbocycles. The summed E-state index contributed by atoms with van der Waals surface area (Å²) in [5, 5.41) is 2.94. The largest absolute Gasteiger partial charge is 0.345 e. The molecule has 6 heteroatoms. The number of nitrogens with zero attached hydrogens (tertiary/aromatic N) is 3. The third-order valence-corrected chi connectivity index (χ3v) is 7.21. The Morgan fingerprint density at radius 2 is 1.58 bits per heavy atom. The van der Waals surface area contributed by atoms with Crippen molar-refractivity contribution in [2.75, 3.05) is 0 Å². The molecule has 2 amide bonds. The quantitative estimate of drug-likeness (QED) is 0.295. The van der Waals surface area contributed by atoms with Gasteiger partial charge >= 0.3 is 0 Å². The second kappa shape index (κ2) is 12.4. The van der Waals surface area contributed by atoms with Crippen molar-refractivity contribution in [3.63, 3.8) is 0 Å². The van der Waals surface area contributed by atoms with Crippen molar-refractivity contribution in [3.8, 4) is 0 Å². The van der Waals surface area contributed by atoms with Gasteiger partial charge in [-0.1, -0.05) is 92.1 Å². The molecule has 4 aromatic rings. The molecule has 1 fully saturated rings. The minimum Gasteiger partial charge on any atom is -0.345 e. The highest BCUT2D eigenvalue weighted by atomic mass is 16.2. The lowest BCUT2D eigenvalue weighted by Gasteiger charge is -2.35. The number of benzene rings is 3. The lowest BCUT2D eigenvalue weighted by molar-refractivity contribution is -0.135. The van der Waals surface area contributed by atoms with E-state index in [1.807, 2.05) is 77.4 Å². The van der Waals surface area contributed by atoms with E-state index in [0.717, 1.165) is 47.8 Å². The van der Waals surface area contributed by atoms with Crippen molar-refractivity contribution in [3.05, 3.63) is 108 Å². The summed E-state index contributed by atoms with van der Waals surface area (Å²) in [5.41, 5.74) is 3.81. The Hall–Kier alpha value is -4.19. The third-order valence-electron chi connectivity index (χ3n) is 7.21. The highest BCUT2D eigenvalue weighted by Crippen LogP contribution is 2.25. The Bertz CT molecular complexity index is 1390. The average molecular weight is 507 g/mol. The summed E-state index contributed by atoms with van der Waals surface area (Å²) in [6, 6.07) is 28.0. The Kier molecular flexibility index (Phi) is 8.29. The van der Waals surface area contributed by atoms with Crippen molar-refractivity contribution < 1.29 is 9.59 Å². The van der Waals surface area contributed by atoms with Crippen LogP contribution in [0.25, 0.3) is 17.1 Å². The van der Waals surface area contributed by atoms with Gasteiger partial charge in [-0.25, -0.2) is 4.98 Å². The molecule has 0 saturated heterocycles. The molecule has 3 aromatic carbocycles. The van der Waals surface area contributed by atoms with Crippen LogP contribution in [0, 0.1) is 0 Å². The number of rotatable bonds is 9. The number of aromatic nitrogens is 2. The number of imidazole rings is 1. The van der Waals surface area contributed by atoms with Crippen LogP contribution in [0.4, 0.5) is 0 Å². The fourth-order valence-electron chi connectivity index (χ4n) is 5.22. The molecule has 1 N–H and O–H groups in total. The van der Waals surface area contributed by atoms with Gasteiger partial charge in [0.15, 0.2) is 0 Å². The van der Waals surface area contributed by atoms with Gasteiger partial charge in [-0.3, -0.25) is 9.59 Å². The fraction of sp³-hybridized carbons (Fsp3) is 0.281. The normalized spacial score (nSPS) is 14.1. The van der Waals surface area contributed by atoms with Crippen LogP contribution >= 0.6 is 0 Å². The SMILES string of the molecule is O=C(/C=C\c1ccccc1)NCc1nc2ccccc2n1CC(=O)N(Cc1ccccc1)C1CCCCC1. The molecular formula is C32H34N4O2. The van der Waals surface area contributed by atoms with Crippen LogP contribution in [-0.2, 0) is 29.2 Å². The number of hydrogen-bond donors (Lipinski definition) is 1. The zero-order chi connectivity index (χ0) is 26.2. The molecule has 0 unspecified atom stereocenters. The number of hydrogen-bond acceptors (Lipinski definition) is 3. The number of carbonyl (C=O) groups excluding carboxylic acids is 2. The summed E-state index contributed by atoms with van der Waals surface area (Å²) in [4.78, 5) is 33.3. The number of fused-ring (bicyclic) bond motifs is 1. The number of amides is 2. The highest BCUT2D eigenvalue weighted by molar-refractivity contribution is 5.91. The van der Waals surface area contributed by atoms with Crippen LogP contribution in [0.15, 0.2) is 91.0 Å². The summed E-state index contributed by atoms with van der Waals surface area (Å²) in [7, 11) is 0. The lowest BCUT2D eigenvalue weighted by atomic mass is 9.93. The van der Waals surface area contributed by atoms with E-state index < -0.39 is 0 Å². The zero-order valence-electron chi connectivity index (χ0n) is 21.6. The van der Waals surface area contributed by atoms with Crippen molar-refractivity contribution in [1.82, 2.24) is 19.8 Å². The number of para-hydroxylation sites is 2. The van der Waals surface area contributed by atoms with E-state index in [1.54, 1.807) is 6.08 Å². The van der Waals surface area contributed by atoms with E-state index in [-0.39, 0.29) is 30.9 Å². The molecule has 0 spiro atoms. The molecule has 1 aliphatic rings. The van der Waals surface area contributed by atoms with Crippen molar-refractivity contribution in [2.24, 2.45) is 0 Å². The van der Waals surface area contributed by atoms with Gasteiger partial charge in [0.1, 0.15) is 12.4 Å². The molecular weight excluding hydrogens is 472 g/mol. The minimum absolute atomic E-state index is 0.0838. The number of nitrogens with one attached hydrogen (secondary N) is 1. The predicted octanol–water partition coefficient (Wildman–Crippen LogP) is 5.73. The van der Waals surface area contributed by atoms with E-state index in [0.29, 0.717) is 12.4 Å². The second-order valence-electron chi connectivity index (χ2n) is 9.86. The van der Waals surface area contributed by atoms with Gasteiger partial charge in [0.25, 0.3) is 0 Å². The van der Waals surface area contributed by atoms with Gasteiger partial charge in [-0.15, -0.1) is 0 Å². The Morgan fingerprint density at radius 1 is 0.895 bits per heavy atom. The van der Waals surface area contributed by atoms with Crippen molar-refractivity contribution in [2.45, 2.75) is 57.8 Å². The van der Waals surface area contributed by atoms with Crippen LogP contribution in [-0.4, -0.2) is 32.3 Å². The summed E-state index contributed by atoms with van der Waals surface area (Å²) in [5.74, 6) is 0.552. The first kappa shape index (κ1) is 25.5. The van der Waals surface area contributed by atoms with E-state index in [4.69, 9.17) is 4.98 Å². The molecule has 1 heterocycles. The average Bonchev–Trinajstić information content (AvgIpc) is 3.32. The molecule has 1 aromatic heterocycles. The van der Waals surface area contributed by atoms with Gasteiger partial charge in [0.05, 0.1) is 17.6 Å². The van der Waals surface area contributed by atoms with E-state index in [9.17, 15) is 9.59 Å². The van der Waals surface area contributed by atoms with Crippen LogP contribution in [0.5, 0.6) is 0 Å². The lowest BCUT2D eigenvalue weighted by Crippen LogP contribution is -2.42. The third kappa shape index (κ3) is 6.38. The standard InChI is InChI=1S/C32H34N4O2/c37-31(21-20-25-12-4-1-5-13-25)33-22-30-34-28-18-10-11-19-29(28)36(30)24-32(38)35(27-16-8-3-9-17-27)23-26-14-6-2-7-15-26/h1-2,4-7,10-15,18-21,27H,3,8-9,16-17,22-24H2,(H,33,37)/b21-20-. The van der Waals surface area contributed by atoms with Crippen LogP contribution in [0.1, 0.15) is 49.1 Å². The van der Waals surface area contributed by atoms with E-state index in [2.05, 4.69) is 22.3 Å². The predicted molar refractivity (Wildman–Crippen MR) is 151 cm³/mol. The molecule has 0 atom stereocenters. The summed E-state index contributed by atoms with van der Waals surface area (Å²) in [6.45, 7) is 1.03. The summed E-state index contributed by atoms with van der Waals surface area (Å²) < 4.78 is 1.96. The molecule has 6 nitrogen and oxygen atoms in total. The maximum atomic E-state index is 13.9. The van der Waals surface area contributed by atoms with Crippen LogP contribution in [0.2, 0.25) is 0 Å². The minimum atomic E-state index is -0.202. The maximum Gasteiger partial charge on any atom is 0.244 e. The smallest absolute Gasteiger partial charge is 0.244 e. The molecule has 5 rings (SSSR count). The van der Waals surface area contributed by atoms with Crippen LogP contribution < -0.4 is 5.32 Å². The number of carbonyl (C=O) groups is 2. The summed E-state index contributed by atoms with van der Waals surface area (Å²) in [6.07, 6.45) is 8.94. The Balaban J connectivity index is 1.35.